The molecular weight excluding hydrogens is 394 g/mol. The van der Waals surface area contributed by atoms with Gasteiger partial charge in [-0.2, -0.15) is 0 Å². The van der Waals surface area contributed by atoms with Crippen LogP contribution in [0, 0.1) is 0 Å². The number of ether oxygens (including phenoxy) is 3. The van der Waals surface area contributed by atoms with Gasteiger partial charge in [-0.05, 0) is 53.9 Å². The van der Waals surface area contributed by atoms with Crippen molar-refractivity contribution in [2.75, 3.05) is 27.4 Å². The topological polar surface area (TPSA) is 65.1 Å². The molecule has 0 unspecified atom stereocenters. The predicted molar refractivity (Wildman–Crippen MR) is 117 cm³/mol. The number of methoxy groups -OCH3 is 2. The number of nitrogens with zero attached hydrogens (tertiary/aromatic N) is 1. The second-order valence-electron chi connectivity index (χ2n) is 7.49. The monoisotopic (exact) mass is 419 g/mol. The Labute approximate surface area is 181 Å². The zero-order chi connectivity index (χ0) is 21.8. The van der Waals surface area contributed by atoms with E-state index in [1.54, 1.807) is 31.3 Å². The van der Waals surface area contributed by atoms with Gasteiger partial charge in [-0.25, -0.2) is 4.79 Å². The van der Waals surface area contributed by atoms with Crippen molar-refractivity contribution in [3.8, 4) is 11.5 Å². The summed E-state index contributed by atoms with van der Waals surface area (Å²) in [6.07, 6.45) is 1.68. The molecule has 0 radical (unpaired) electrons. The van der Waals surface area contributed by atoms with Crippen LogP contribution in [-0.4, -0.2) is 44.1 Å². The summed E-state index contributed by atoms with van der Waals surface area (Å²) in [5.41, 5.74) is 1.33. The molecule has 1 aliphatic heterocycles. The van der Waals surface area contributed by atoms with E-state index in [4.69, 9.17) is 14.2 Å². The largest absolute Gasteiger partial charge is 0.497 e. The van der Waals surface area contributed by atoms with Crippen molar-refractivity contribution < 1.29 is 23.8 Å². The molecule has 0 aliphatic carbocycles. The molecule has 3 aromatic carbocycles. The average Bonchev–Trinajstić information content (AvgIpc) is 3.31. The lowest BCUT2D eigenvalue weighted by Gasteiger charge is -2.26. The van der Waals surface area contributed by atoms with Gasteiger partial charge in [-0.15, -0.1) is 0 Å². The fraction of sp³-hybridized carbons (Fsp3) is 0.280. The van der Waals surface area contributed by atoms with Crippen molar-refractivity contribution in [3.63, 3.8) is 0 Å². The number of likely N-dealkylation sites (tertiary alicyclic amines) is 1. The van der Waals surface area contributed by atoms with Crippen molar-refractivity contribution >= 4 is 22.6 Å². The molecule has 0 bridgehead atoms. The highest BCUT2D eigenvalue weighted by Gasteiger charge is 2.32. The van der Waals surface area contributed by atoms with E-state index in [0.29, 0.717) is 23.6 Å². The number of hydrogen-bond acceptors (Lipinski definition) is 5. The molecule has 1 atom stereocenters. The number of carbonyl (C=O) groups excluding carboxylic acids is 2. The number of amides is 1. The summed E-state index contributed by atoms with van der Waals surface area (Å²) in [5.74, 6) is 0.687. The lowest BCUT2D eigenvalue weighted by atomic mass is 10.0. The number of rotatable bonds is 6. The Morgan fingerprint density at radius 1 is 0.968 bits per heavy atom. The summed E-state index contributed by atoms with van der Waals surface area (Å²) in [7, 11) is 3.22. The Balaban J connectivity index is 1.46. The van der Waals surface area contributed by atoms with Crippen LogP contribution >= 0.6 is 0 Å². The third-order valence-electron chi connectivity index (χ3n) is 5.68. The maximum absolute atomic E-state index is 12.9. The molecular formula is C25H25NO5. The molecule has 1 fully saturated rings. The zero-order valence-electron chi connectivity index (χ0n) is 17.7. The number of hydrogen-bond donors (Lipinski definition) is 0. The third kappa shape index (κ3) is 4.33. The smallest absolute Gasteiger partial charge is 0.338 e. The van der Waals surface area contributed by atoms with Crippen molar-refractivity contribution in [2.45, 2.75) is 18.9 Å². The first-order chi connectivity index (χ1) is 15.1. The molecule has 6 nitrogen and oxygen atoms in total. The molecule has 4 rings (SSSR count). The van der Waals surface area contributed by atoms with Gasteiger partial charge in [0.1, 0.15) is 11.5 Å². The van der Waals surface area contributed by atoms with Gasteiger partial charge in [0, 0.05) is 12.1 Å². The normalized spacial score (nSPS) is 15.7. The minimum absolute atomic E-state index is 0.142. The molecule has 6 heteroatoms. The molecule has 1 heterocycles. The highest BCUT2D eigenvalue weighted by Crippen LogP contribution is 2.38. The fourth-order valence-corrected chi connectivity index (χ4v) is 4.10. The molecule has 1 aliphatic rings. The van der Waals surface area contributed by atoms with Gasteiger partial charge in [0.2, 0.25) is 0 Å². The number of esters is 1. The Hall–Kier alpha value is -3.54. The zero-order valence-corrected chi connectivity index (χ0v) is 17.7. The molecule has 160 valence electrons. The predicted octanol–water partition coefficient (Wildman–Crippen LogP) is 4.38. The number of fused-ring (bicyclic) bond motifs is 1. The van der Waals surface area contributed by atoms with Crippen LogP contribution in [0.25, 0.3) is 10.8 Å². The molecule has 3 aromatic rings. The van der Waals surface area contributed by atoms with Crippen LogP contribution in [0.5, 0.6) is 11.5 Å². The Morgan fingerprint density at radius 2 is 1.77 bits per heavy atom. The summed E-state index contributed by atoms with van der Waals surface area (Å²) in [6.45, 7) is 0.311. The van der Waals surface area contributed by atoms with Gasteiger partial charge in [0.05, 0.1) is 25.8 Å². The molecule has 31 heavy (non-hydrogen) atoms. The van der Waals surface area contributed by atoms with Crippen LogP contribution in [0.3, 0.4) is 0 Å². The second-order valence-corrected chi connectivity index (χ2v) is 7.49. The summed E-state index contributed by atoms with van der Waals surface area (Å²) in [4.78, 5) is 27.2. The van der Waals surface area contributed by atoms with E-state index in [9.17, 15) is 9.59 Å². The van der Waals surface area contributed by atoms with E-state index in [-0.39, 0.29) is 18.6 Å². The number of benzene rings is 3. The van der Waals surface area contributed by atoms with Gasteiger partial charge in [-0.3, -0.25) is 4.79 Å². The lowest BCUT2D eigenvalue weighted by molar-refractivity contribution is -0.135. The standard InChI is InChI=1S/C25H25NO5/c1-29-20-11-12-23(30-2)21(15-20)22-8-5-13-26(22)24(27)16-31-25(28)19-10-9-17-6-3-4-7-18(17)14-19/h3-4,6-7,9-12,14-15,22H,5,8,13,16H2,1-2H3/t22-/m1/s1. The van der Waals surface area contributed by atoms with Crippen LogP contribution in [0.15, 0.2) is 60.7 Å². The molecule has 1 saturated heterocycles. The maximum Gasteiger partial charge on any atom is 0.338 e. The summed E-state index contributed by atoms with van der Waals surface area (Å²) in [5, 5.41) is 2.00. The molecule has 1 amide bonds. The van der Waals surface area contributed by atoms with Gasteiger partial charge in [0.15, 0.2) is 6.61 Å². The van der Waals surface area contributed by atoms with Crippen LogP contribution < -0.4 is 9.47 Å². The van der Waals surface area contributed by atoms with Crippen LogP contribution in [0.4, 0.5) is 0 Å². The highest BCUT2D eigenvalue weighted by molar-refractivity contribution is 5.96. The molecule has 0 aromatic heterocycles. The van der Waals surface area contributed by atoms with Crippen molar-refractivity contribution in [1.82, 2.24) is 4.90 Å². The van der Waals surface area contributed by atoms with Gasteiger partial charge in [-0.1, -0.05) is 30.3 Å². The summed E-state index contributed by atoms with van der Waals surface area (Å²) < 4.78 is 16.2. The van der Waals surface area contributed by atoms with Gasteiger partial charge < -0.3 is 19.1 Å². The van der Waals surface area contributed by atoms with Gasteiger partial charge >= 0.3 is 5.97 Å². The van der Waals surface area contributed by atoms with E-state index in [2.05, 4.69) is 0 Å². The molecule has 0 spiro atoms. The quantitative estimate of drug-likeness (QED) is 0.555. The van der Waals surface area contributed by atoms with Crippen LogP contribution in [0.1, 0.15) is 34.8 Å². The van der Waals surface area contributed by atoms with Crippen LogP contribution in [0.2, 0.25) is 0 Å². The first-order valence-electron chi connectivity index (χ1n) is 10.3. The van der Waals surface area contributed by atoms with E-state index in [0.717, 1.165) is 29.2 Å². The first-order valence-corrected chi connectivity index (χ1v) is 10.3. The average molecular weight is 419 g/mol. The van der Waals surface area contributed by atoms with E-state index >= 15 is 0 Å². The van der Waals surface area contributed by atoms with E-state index < -0.39 is 5.97 Å². The van der Waals surface area contributed by atoms with Crippen LogP contribution in [-0.2, 0) is 9.53 Å². The minimum atomic E-state index is -0.506. The van der Waals surface area contributed by atoms with Crippen molar-refractivity contribution in [2.24, 2.45) is 0 Å². The van der Waals surface area contributed by atoms with Crippen molar-refractivity contribution in [3.05, 3.63) is 71.8 Å². The highest BCUT2D eigenvalue weighted by atomic mass is 16.5. The second kappa shape index (κ2) is 9.08. The summed E-state index contributed by atoms with van der Waals surface area (Å²) in [6, 6.07) is 18.6. The van der Waals surface area contributed by atoms with Gasteiger partial charge in [0.25, 0.3) is 5.91 Å². The Kier molecular flexibility index (Phi) is 6.07. The molecule has 0 saturated carbocycles. The fourth-order valence-electron chi connectivity index (χ4n) is 4.10. The number of carbonyl (C=O) groups is 2. The van der Waals surface area contributed by atoms with Crippen molar-refractivity contribution in [1.29, 1.82) is 0 Å². The third-order valence-corrected chi connectivity index (χ3v) is 5.68. The molecule has 0 N–H and O–H groups in total. The van der Waals surface area contributed by atoms with E-state index in [1.165, 1.54) is 0 Å². The maximum atomic E-state index is 12.9. The minimum Gasteiger partial charge on any atom is -0.497 e. The van der Waals surface area contributed by atoms with E-state index in [1.807, 2.05) is 48.5 Å². The SMILES string of the molecule is COc1ccc(OC)c([C@H]2CCCN2C(=O)COC(=O)c2ccc3ccccc3c2)c1. The Bertz CT molecular complexity index is 1110. The Morgan fingerprint density at radius 3 is 2.55 bits per heavy atom. The summed E-state index contributed by atoms with van der Waals surface area (Å²) >= 11 is 0. The lowest BCUT2D eigenvalue weighted by Crippen LogP contribution is -2.34. The first kappa shape index (κ1) is 20.7.